The Balaban J connectivity index is 2.11. The van der Waals surface area contributed by atoms with Crippen LogP contribution in [-0.4, -0.2) is 12.1 Å². The molecular weight excluding hydrogens is 312 g/mol. The topological polar surface area (TPSA) is 48.1 Å². The molecule has 0 aliphatic heterocycles. The second kappa shape index (κ2) is 6.11. The molecule has 1 aromatic carbocycles. The second-order valence-corrected chi connectivity index (χ2v) is 5.51. The molecule has 0 unspecified atom stereocenters. The van der Waals surface area contributed by atoms with Crippen LogP contribution < -0.4 is 10.5 Å². The van der Waals surface area contributed by atoms with Gasteiger partial charge in [0.15, 0.2) is 0 Å². The van der Waals surface area contributed by atoms with Crippen molar-refractivity contribution in [1.29, 1.82) is 0 Å². The average Bonchev–Trinajstić information content (AvgIpc) is 2.37. The van der Waals surface area contributed by atoms with E-state index in [0.717, 1.165) is 26.6 Å². The number of thioether (sulfide) groups is 1. The van der Waals surface area contributed by atoms with E-state index < -0.39 is 0 Å². The zero-order chi connectivity index (χ0) is 13.0. The number of halogens is 1. The molecule has 0 aliphatic carbocycles. The van der Waals surface area contributed by atoms with E-state index in [2.05, 4.69) is 20.9 Å². The Hall–Kier alpha value is -1.20. The Morgan fingerprint density at radius 2 is 2.22 bits per heavy atom. The van der Waals surface area contributed by atoms with Crippen LogP contribution in [-0.2, 0) is 5.75 Å². The minimum Gasteiger partial charge on any atom is -0.497 e. The number of anilines is 1. The molecule has 2 rings (SSSR count). The molecule has 1 aromatic heterocycles. The number of hydrogen-bond donors (Lipinski definition) is 1. The minimum atomic E-state index is 0.713. The number of nitrogen functional groups attached to an aromatic ring is 1. The summed E-state index contributed by atoms with van der Waals surface area (Å²) in [6.45, 7) is 0. The third-order valence-corrected chi connectivity index (χ3v) is 4.30. The maximum absolute atomic E-state index is 5.82. The van der Waals surface area contributed by atoms with Crippen molar-refractivity contribution in [3.63, 3.8) is 0 Å². The van der Waals surface area contributed by atoms with Gasteiger partial charge in [0.1, 0.15) is 10.8 Å². The number of hydrogen-bond acceptors (Lipinski definition) is 4. The summed E-state index contributed by atoms with van der Waals surface area (Å²) in [4.78, 5) is 4.31. The van der Waals surface area contributed by atoms with E-state index >= 15 is 0 Å². The summed E-state index contributed by atoms with van der Waals surface area (Å²) in [6, 6.07) is 9.63. The molecule has 2 N–H and O–H groups in total. The van der Waals surface area contributed by atoms with Crippen molar-refractivity contribution in [2.24, 2.45) is 0 Å². The summed E-state index contributed by atoms with van der Waals surface area (Å²) in [6.07, 6.45) is 1.78. The predicted molar refractivity (Wildman–Crippen MR) is 78.9 cm³/mol. The largest absolute Gasteiger partial charge is 0.497 e. The monoisotopic (exact) mass is 324 g/mol. The van der Waals surface area contributed by atoms with Crippen LogP contribution in [0.4, 0.5) is 5.69 Å². The van der Waals surface area contributed by atoms with Gasteiger partial charge in [-0.15, -0.1) is 11.8 Å². The predicted octanol–water partition coefficient (Wildman–Crippen LogP) is 3.73. The van der Waals surface area contributed by atoms with Gasteiger partial charge in [-0.2, -0.15) is 0 Å². The molecule has 0 aliphatic rings. The van der Waals surface area contributed by atoms with Crippen LogP contribution in [0.2, 0.25) is 0 Å². The van der Waals surface area contributed by atoms with Crippen LogP contribution in [0.1, 0.15) is 5.56 Å². The lowest BCUT2D eigenvalue weighted by molar-refractivity contribution is 0.414. The number of pyridine rings is 1. The standard InChI is InChI=1S/C13H13BrN2OS/c1-17-11-6-9(5-10(15)7-11)8-18-13-12(14)3-2-4-16-13/h2-7H,8,15H2,1H3. The van der Waals surface area contributed by atoms with E-state index in [1.807, 2.05) is 30.3 Å². The van der Waals surface area contributed by atoms with E-state index in [1.165, 1.54) is 0 Å². The maximum atomic E-state index is 5.82. The summed E-state index contributed by atoms with van der Waals surface area (Å²) in [5, 5.41) is 0.971. The lowest BCUT2D eigenvalue weighted by Crippen LogP contribution is -1.92. The lowest BCUT2D eigenvalue weighted by atomic mass is 10.2. The third-order valence-electron chi connectivity index (χ3n) is 2.32. The normalized spacial score (nSPS) is 10.3. The van der Waals surface area contributed by atoms with E-state index in [-0.39, 0.29) is 0 Å². The highest BCUT2D eigenvalue weighted by molar-refractivity contribution is 9.10. The van der Waals surface area contributed by atoms with E-state index in [4.69, 9.17) is 10.5 Å². The summed E-state index contributed by atoms with van der Waals surface area (Å²) in [5.74, 6) is 1.59. The van der Waals surface area contributed by atoms with Crippen molar-refractivity contribution in [2.45, 2.75) is 10.8 Å². The number of ether oxygens (including phenoxy) is 1. The summed E-state index contributed by atoms with van der Waals surface area (Å²) in [5.41, 5.74) is 7.65. The van der Waals surface area contributed by atoms with Gasteiger partial charge in [-0.25, -0.2) is 4.98 Å². The number of rotatable bonds is 4. The van der Waals surface area contributed by atoms with Gasteiger partial charge in [0.05, 0.1) is 7.11 Å². The van der Waals surface area contributed by atoms with Crippen LogP contribution >= 0.6 is 27.7 Å². The highest BCUT2D eigenvalue weighted by Crippen LogP contribution is 2.29. The molecule has 0 radical (unpaired) electrons. The van der Waals surface area contributed by atoms with Crippen LogP contribution in [0.15, 0.2) is 46.0 Å². The van der Waals surface area contributed by atoms with Crippen LogP contribution in [0, 0.1) is 0 Å². The minimum absolute atomic E-state index is 0.713. The lowest BCUT2D eigenvalue weighted by Gasteiger charge is -2.07. The SMILES string of the molecule is COc1cc(N)cc(CSc2ncccc2Br)c1. The third kappa shape index (κ3) is 3.40. The van der Waals surface area contributed by atoms with Gasteiger partial charge in [0.2, 0.25) is 0 Å². The Morgan fingerprint density at radius 3 is 2.94 bits per heavy atom. The molecule has 3 nitrogen and oxygen atoms in total. The van der Waals surface area contributed by atoms with Crippen molar-refractivity contribution >= 4 is 33.4 Å². The highest BCUT2D eigenvalue weighted by atomic mass is 79.9. The second-order valence-electron chi connectivity index (χ2n) is 3.69. The van der Waals surface area contributed by atoms with Crippen molar-refractivity contribution < 1.29 is 4.74 Å². The van der Waals surface area contributed by atoms with E-state index in [0.29, 0.717) is 5.69 Å². The quantitative estimate of drug-likeness (QED) is 0.687. The van der Waals surface area contributed by atoms with Gasteiger partial charge >= 0.3 is 0 Å². The van der Waals surface area contributed by atoms with E-state index in [1.54, 1.807) is 25.1 Å². The maximum Gasteiger partial charge on any atom is 0.121 e. The fraction of sp³-hybridized carbons (Fsp3) is 0.154. The van der Waals surface area contributed by atoms with Crippen molar-refractivity contribution in [3.05, 3.63) is 46.6 Å². The van der Waals surface area contributed by atoms with Crippen molar-refractivity contribution in [3.8, 4) is 5.75 Å². The number of nitrogens with zero attached hydrogens (tertiary/aromatic N) is 1. The van der Waals surface area contributed by atoms with Crippen LogP contribution in [0.3, 0.4) is 0 Å². The zero-order valence-electron chi connectivity index (χ0n) is 9.89. The van der Waals surface area contributed by atoms with E-state index in [9.17, 15) is 0 Å². The zero-order valence-corrected chi connectivity index (χ0v) is 12.3. The molecule has 94 valence electrons. The molecule has 2 aromatic rings. The fourth-order valence-corrected chi connectivity index (χ4v) is 2.93. The van der Waals surface area contributed by atoms with Gasteiger partial charge in [-0.3, -0.25) is 0 Å². The number of methoxy groups -OCH3 is 1. The fourth-order valence-electron chi connectivity index (χ4n) is 1.52. The Bertz CT molecular complexity index is 548. The van der Waals surface area contributed by atoms with Gasteiger partial charge < -0.3 is 10.5 Å². The Morgan fingerprint density at radius 1 is 1.39 bits per heavy atom. The molecule has 18 heavy (non-hydrogen) atoms. The summed E-state index contributed by atoms with van der Waals surface area (Å²) < 4.78 is 6.20. The first-order valence-corrected chi connectivity index (χ1v) is 7.13. The molecule has 0 spiro atoms. The van der Waals surface area contributed by atoms with Crippen molar-refractivity contribution in [1.82, 2.24) is 4.98 Å². The Kier molecular flexibility index (Phi) is 4.49. The van der Waals surface area contributed by atoms with Crippen molar-refractivity contribution in [2.75, 3.05) is 12.8 Å². The first-order chi connectivity index (χ1) is 8.69. The van der Waals surface area contributed by atoms with Gasteiger partial charge in [0.25, 0.3) is 0 Å². The molecule has 0 amide bonds. The molecule has 0 saturated heterocycles. The average molecular weight is 325 g/mol. The summed E-state index contributed by atoms with van der Waals surface area (Å²) >= 11 is 5.14. The molecule has 1 heterocycles. The van der Waals surface area contributed by atoms with Crippen LogP contribution in [0.5, 0.6) is 5.75 Å². The highest BCUT2D eigenvalue weighted by Gasteiger charge is 2.04. The van der Waals surface area contributed by atoms with Gasteiger partial charge in [-0.05, 0) is 45.8 Å². The molecule has 0 fully saturated rings. The first-order valence-electron chi connectivity index (χ1n) is 5.36. The number of benzene rings is 1. The summed E-state index contributed by atoms with van der Waals surface area (Å²) in [7, 11) is 1.64. The molecule has 5 heteroatoms. The van der Waals surface area contributed by atoms with Gasteiger partial charge in [0, 0.05) is 28.2 Å². The number of nitrogens with two attached hydrogens (primary N) is 1. The molecule has 0 saturated carbocycles. The Labute approximate surface area is 119 Å². The molecular formula is C13H13BrN2OS. The van der Waals surface area contributed by atoms with Gasteiger partial charge in [-0.1, -0.05) is 0 Å². The van der Waals surface area contributed by atoms with Crippen LogP contribution in [0.25, 0.3) is 0 Å². The molecule has 0 atom stereocenters. The number of aromatic nitrogens is 1. The first kappa shape index (κ1) is 13.2. The molecule has 0 bridgehead atoms. The smallest absolute Gasteiger partial charge is 0.121 e.